The van der Waals surface area contributed by atoms with Crippen molar-refractivity contribution in [2.24, 2.45) is 0 Å². The summed E-state index contributed by atoms with van der Waals surface area (Å²) >= 11 is 0. The van der Waals surface area contributed by atoms with Crippen molar-refractivity contribution in [2.75, 3.05) is 5.32 Å². The van der Waals surface area contributed by atoms with Crippen molar-refractivity contribution >= 4 is 23.6 Å². The van der Waals surface area contributed by atoms with Gasteiger partial charge in [0, 0.05) is 23.7 Å². The van der Waals surface area contributed by atoms with E-state index in [0.29, 0.717) is 24.1 Å². The molecular formula is C33H39N3O6. The highest BCUT2D eigenvalue weighted by atomic mass is 16.6. The molecule has 1 saturated carbocycles. The summed E-state index contributed by atoms with van der Waals surface area (Å²) < 4.78 is 5.47. The van der Waals surface area contributed by atoms with Crippen LogP contribution in [0.15, 0.2) is 66.7 Å². The molecule has 9 heteroatoms. The van der Waals surface area contributed by atoms with E-state index in [9.17, 15) is 24.6 Å². The second kappa shape index (κ2) is 12.5. The molecular weight excluding hydrogens is 534 g/mol. The molecule has 3 aromatic rings. The Morgan fingerprint density at radius 3 is 2.12 bits per heavy atom. The summed E-state index contributed by atoms with van der Waals surface area (Å²) in [4.78, 5) is 43.0. The van der Waals surface area contributed by atoms with Crippen LogP contribution >= 0.6 is 0 Å². The predicted molar refractivity (Wildman–Crippen MR) is 160 cm³/mol. The van der Waals surface area contributed by atoms with Crippen molar-refractivity contribution in [3.63, 3.8) is 0 Å². The van der Waals surface area contributed by atoms with Crippen molar-refractivity contribution in [3.05, 3.63) is 89.0 Å². The van der Waals surface area contributed by atoms with Gasteiger partial charge in [-0.1, -0.05) is 48.5 Å². The van der Waals surface area contributed by atoms with Crippen LogP contribution in [0.25, 0.3) is 0 Å². The standard InChI is InChI=1S/C33H39N3O6/c1-20-9-8-10-21(2)28(20)35-30(39)29(25-11-6-7-12-27(25)38)36(23-15-16-23)31(40)26(34-32(41)42-33(3,4)5)19-22-13-17-24(37)18-14-22/h6-14,17-18,23,26,29,37-38H,15-16,19H2,1-5H3,(H,34,41)(H,35,39). The van der Waals surface area contributed by atoms with Crippen LogP contribution in [0.5, 0.6) is 11.5 Å². The summed E-state index contributed by atoms with van der Waals surface area (Å²) in [5.41, 5.74) is 2.54. The number of benzene rings is 3. The van der Waals surface area contributed by atoms with Gasteiger partial charge in [-0.15, -0.1) is 0 Å². The predicted octanol–water partition coefficient (Wildman–Crippen LogP) is 5.52. The molecule has 0 aromatic heterocycles. The Morgan fingerprint density at radius 1 is 0.929 bits per heavy atom. The molecule has 4 N–H and O–H groups in total. The van der Waals surface area contributed by atoms with Gasteiger partial charge in [0.25, 0.3) is 5.91 Å². The third-order valence-corrected chi connectivity index (χ3v) is 7.05. The number of nitrogens with one attached hydrogen (secondary N) is 2. The number of amides is 3. The first kappa shape index (κ1) is 30.4. The first-order valence-electron chi connectivity index (χ1n) is 14.1. The number of hydrogen-bond acceptors (Lipinski definition) is 6. The molecule has 2 unspecified atom stereocenters. The van der Waals surface area contributed by atoms with Gasteiger partial charge in [0.1, 0.15) is 29.2 Å². The van der Waals surface area contributed by atoms with E-state index in [1.54, 1.807) is 51.1 Å². The van der Waals surface area contributed by atoms with Crippen LogP contribution in [0.4, 0.5) is 10.5 Å². The van der Waals surface area contributed by atoms with Crippen molar-refractivity contribution in [1.82, 2.24) is 10.2 Å². The van der Waals surface area contributed by atoms with Crippen LogP contribution in [0, 0.1) is 13.8 Å². The van der Waals surface area contributed by atoms with E-state index in [4.69, 9.17) is 4.74 Å². The van der Waals surface area contributed by atoms with E-state index in [2.05, 4.69) is 10.6 Å². The summed E-state index contributed by atoms with van der Waals surface area (Å²) in [7, 11) is 0. The number of nitrogens with zero attached hydrogens (tertiary/aromatic N) is 1. The van der Waals surface area contributed by atoms with E-state index in [0.717, 1.165) is 11.1 Å². The molecule has 3 amide bonds. The number of para-hydroxylation sites is 2. The Bertz CT molecular complexity index is 1420. The number of anilines is 1. The highest BCUT2D eigenvalue weighted by Gasteiger charge is 2.45. The van der Waals surface area contributed by atoms with Gasteiger partial charge in [0.15, 0.2) is 0 Å². The number of rotatable bonds is 9. The third kappa shape index (κ3) is 7.60. The summed E-state index contributed by atoms with van der Waals surface area (Å²) in [6.45, 7) is 8.96. The zero-order valence-corrected chi connectivity index (χ0v) is 24.7. The van der Waals surface area contributed by atoms with Crippen molar-refractivity contribution in [1.29, 1.82) is 0 Å². The number of carbonyl (C=O) groups is 3. The average molecular weight is 574 g/mol. The van der Waals surface area contributed by atoms with Crippen LogP contribution in [0.3, 0.4) is 0 Å². The van der Waals surface area contributed by atoms with Gasteiger partial charge in [0.05, 0.1) is 0 Å². The maximum absolute atomic E-state index is 14.5. The zero-order chi connectivity index (χ0) is 30.6. The van der Waals surface area contributed by atoms with E-state index in [1.165, 1.54) is 23.1 Å². The van der Waals surface area contributed by atoms with Gasteiger partial charge in [0.2, 0.25) is 5.91 Å². The summed E-state index contributed by atoms with van der Waals surface area (Å²) in [5, 5.41) is 26.4. The minimum Gasteiger partial charge on any atom is -0.508 e. The molecule has 0 radical (unpaired) electrons. The first-order valence-corrected chi connectivity index (χ1v) is 14.1. The van der Waals surface area contributed by atoms with Gasteiger partial charge in [-0.3, -0.25) is 9.59 Å². The number of aromatic hydroxyl groups is 2. The van der Waals surface area contributed by atoms with Crippen molar-refractivity contribution in [3.8, 4) is 11.5 Å². The molecule has 0 heterocycles. The molecule has 3 aromatic carbocycles. The fourth-order valence-corrected chi connectivity index (χ4v) is 4.91. The van der Waals surface area contributed by atoms with Gasteiger partial charge < -0.3 is 30.5 Å². The number of phenols is 2. The number of ether oxygens (including phenoxy) is 1. The second-order valence-corrected chi connectivity index (χ2v) is 11.8. The monoisotopic (exact) mass is 573 g/mol. The van der Waals surface area contributed by atoms with E-state index in [-0.39, 0.29) is 29.5 Å². The van der Waals surface area contributed by atoms with Crippen LogP contribution in [-0.2, 0) is 20.7 Å². The number of phenolic OH excluding ortho intramolecular Hbond substituents is 2. The molecule has 42 heavy (non-hydrogen) atoms. The van der Waals surface area contributed by atoms with Gasteiger partial charge in [-0.25, -0.2) is 4.79 Å². The van der Waals surface area contributed by atoms with E-state index in [1.807, 2.05) is 32.0 Å². The highest BCUT2D eigenvalue weighted by molar-refractivity contribution is 6.00. The molecule has 1 aliphatic rings. The van der Waals surface area contributed by atoms with E-state index >= 15 is 0 Å². The van der Waals surface area contributed by atoms with Crippen molar-refractivity contribution in [2.45, 2.75) is 77.6 Å². The normalized spacial score (nSPS) is 14.4. The first-order chi connectivity index (χ1) is 19.8. The lowest BCUT2D eigenvalue weighted by Gasteiger charge is -2.35. The highest BCUT2D eigenvalue weighted by Crippen LogP contribution is 2.39. The molecule has 1 aliphatic carbocycles. The maximum atomic E-state index is 14.5. The lowest BCUT2D eigenvalue weighted by molar-refractivity contribution is -0.141. The van der Waals surface area contributed by atoms with Gasteiger partial charge in [-0.05, 0) is 82.3 Å². The smallest absolute Gasteiger partial charge is 0.408 e. The third-order valence-electron chi connectivity index (χ3n) is 7.05. The van der Waals surface area contributed by atoms with Crippen LogP contribution < -0.4 is 10.6 Å². The molecule has 0 saturated heterocycles. The van der Waals surface area contributed by atoms with Gasteiger partial charge in [-0.2, -0.15) is 0 Å². The van der Waals surface area contributed by atoms with Gasteiger partial charge >= 0.3 is 6.09 Å². The fourth-order valence-electron chi connectivity index (χ4n) is 4.91. The molecule has 0 spiro atoms. The molecule has 4 rings (SSSR count). The van der Waals surface area contributed by atoms with E-state index < -0.39 is 35.6 Å². The fraction of sp³-hybridized carbons (Fsp3) is 0.364. The molecule has 9 nitrogen and oxygen atoms in total. The van der Waals surface area contributed by atoms with Crippen LogP contribution in [-0.4, -0.2) is 50.7 Å². The maximum Gasteiger partial charge on any atom is 0.408 e. The SMILES string of the molecule is Cc1cccc(C)c1NC(=O)C(c1ccccc1O)N(C(=O)C(Cc1ccc(O)cc1)NC(=O)OC(C)(C)C)C1CC1. The summed E-state index contributed by atoms with van der Waals surface area (Å²) in [6, 6.07) is 16.0. The lowest BCUT2D eigenvalue weighted by atomic mass is 9.99. The number of carbonyl (C=O) groups excluding carboxylic acids is 3. The Labute approximate surface area is 246 Å². The summed E-state index contributed by atoms with van der Waals surface area (Å²) in [5.74, 6) is -1.01. The minimum atomic E-state index is -1.17. The Hall–Kier alpha value is -4.53. The quantitative estimate of drug-likeness (QED) is 0.267. The Kier molecular flexibility index (Phi) is 9.09. The second-order valence-electron chi connectivity index (χ2n) is 11.8. The number of hydrogen-bond donors (Lipinski definition) is 4. The molecule has 0 bridgehead atoms. The number of alkyl carbamates (subject to hydrolysis) is 1. The minimum absolute atomic E-state index is 0.0733. The topological polar surface area (TPSA) is 128 Å². The lowest BCUT2D eigenvalue weighted by Crippen LogP contribution is -2.54. The Balaban J connectivity index is 1.75. The average Bonchev–Trinajstić information content (AvgIpc) is 3.74. The molecule has 222 valence electrons. The zero-order valence-electron chi connectivity index (χ0n) is 24.7. The number of aryl methyl sites for hydroxylation is 2. The molecule has 1 fully saturated rings. The molecule has 0 aliphatic heterocycles. The van der Waals surface area contributed by atoms with Crippen LogP contribution in [0.1, 0.15) is 61.9 Å². The molecule has 2 atom stereocenters. The van der Waals surface area contributed by atoms with Crippen molar-refractivity contribution < 1.29 is 29.3 Å². The Morgan fingerprint density at radius 2 is 1.55 bits per heavy atom. The summed E-state index contributed by atoms with van der Waals surface area (Å²) in [6.07, 6.45) is 0.665. The largest absolute Gasteiger partial charge is 0.508 e. The van der Waals surface area contributed by atoms with Crippen LogP contribution in [0.2, 0.25) is 0 Å².